The maximum absolute atomic E-state index is 11.6. The molecule has 1 heterocycles. The van der Waals surface area contributed by atoms with Crippen LogP contribution in [0.15, 0.2) is 30.3 Å². The summed E-state index contributed by atoms with van der Waals surface area (Å²) in [5.74, 6) is 0.212. The third kappa shape index (κ3) is 2.42. The van der Waals surface area contributed by atoms with Gasteiger partial charge in [-0.05, 0) is 5.56 Å². The van der Waals surface area contributed by atoms with Crippen LogP contribution in [-0.4, -0.2) is 30.5 Å². The number of ether oxygens (including phenoxy) is 1. The molecule has 0 saturated carbocycles. The van der Waals surface area contributed by atoms with Crippen molar-refractivity contribution < 1.29 is 9.53 Å². The molecule has 0 radical (unpaired) electrons. The molecule has 2 rings (SSSR count). The van der Waals surface area contributed by atoms with Gasteiger partial charge in [0.2, 0.25) is 5.91 Å². The lowest BCUT2D eigenvalue weighted by molar-refractivity contribution is -0.138. The predicted molar refractivity (Wildman–Crippen MR) is 62.0 cm³/mol. The fraction of sp³-hybridized carbons (Fsp3) is 0.462. The van der Waals surface area contributed by atoms with Crippen molar-refractivity contribution in [3.63, 3.8) is 0 Å². The number of carbonyl (C=O) groups excluding carboxylic acids is 1. The quantitative estimate of drug-likeness (QED) is 0.761. The molecule has 16 heavy (non-hydrogen) atoms. The van der Waals surface area contributed by atoms with Crippen molar-refractivity contribution in [1.82, 2.24) is 4.90 Å². The number of morpholine rings is 1. The largest absolute Gasteiger partial charge is 0.370 e. The Balaban J connectivity index is 2.05. The summed E-state index contributed by atoms with van der Waals surface area (Å²) in [5.41, 5.74) is 1.15. The Morgan fingerprint density at radius 3 is 2.88 bits per heavy atom. The summed E-state index contributed by atoms with van der Waals surface area (Å²) >= 11 is 0. The first-order valence-electron chi connectivity index (χ1n) is 5.75. The number of carbonyl (C=O) groups is 1. The van der Waals surface area contributed by atoms with Crippen LogP contribution >= 0.6 is 0 Å². The molecule has 3 nitrogen and oxygen atoms in total. The molecule has 3 heteroatoms. The van der Waals surface area contributed by atoms with Crippen molar-refractivity contribution in [3.8, 4) is 0 Å². The molecule has 0 bridgehead atoms. The van der Waals surface area contributed by atoms with Crippen LogP contribution < -0.4 is 0 Å². The summed E-state index contributed by atoms with van der Waals surface area (Å²) in [5, 5.41) is 0. The molecule has 86 valence electrons. The van der Waals surface area contributed by atoms with Gasteiger partial charge in [-0.3, -0.25) is 4.79 Å². The zero-order valence-corrected chi connectivity index (χ0v) is 9.56. The number of rotatable bonds is 2. The van der Waals surface area contributed by atoms with E-state index in [-0.39, 0.29) is 12.0 Å². The average molecular weight is 219 g/mol. The summed E-state index contributed by atoms with van der Waals surface area (Å²) in [4.78, 5) is 13.5. The minimum atomic E-state index is 0.0328. The molecule has 0 spiro atoms. The molecular formula is C13H17NO2. The lowest BCUT2D eigenvalue weighted by atomic mass is 10.1. The van der Waals surface area contributed by atoms with E-state index in [1.165, 1.54) is 0 Å². The summed E-state index contributed by atoms with van der Waals surface area (Å²) in [6.07, 6.45) is 0.604. The predicted octanol–water partition coefficient (Wildman–Crippen LogP) is 2.00. The third-order valence-corrected chi connectivity index (χ3v) is 2.89. The highest BCUT2D eigenvalue weighted by Crippen LogP contribution is 2.22. The van der Waals surface area contributed by atoms with E-state index in [0.717, 1.165) is 12.1 Å². The average Bonchev–Trinajstić information content (AvgIpc) is 2.39. The molecule has 0 N–H and O–H groups in total. The van der Waals surface area contributed by atoms with Gasteiger partial charge in [-0.1, -0.05) is 37.3 Å². The SMILES string of the molecule is CCC(=O)N1CCO[C@@H](c2ccccc2)C1. The van der Waals surface area contributed by atoms with Gasteiger partial charge in [0.1, 0.15) is 6.10 Å². The lowest BCUT2D eigenvalue weighted by Crippen LogP contribution is -2.41. The number of amides is 1. The first-order chi connectivity index (χ1) is 7.81. The Kier molecular flexibility index (Phi) is 3.57. The highest BCUT2D eigenvalue weighted by atomic mass is 16.5. The molecule has 1 fully saturated rings. The molecule has 1 aromatic rings. The number of hydrogen-bond acceptors (Lipinski definition) is 2. The minimum Gasteiger partial charge on any atom is -0.370 e. The molecule has 0 unspecified atom stereocenters. The van der Waals surface area contributed by atoms with Crippen LogP contribution in [0.5, 0.6) is 0 Å². The molecule has 1 aromatic carbocycles. The maximum atomic E-state index is 11.6. The van der Waals surface area contributed by atoms with Crippen LogP contribution in [0.2, 0.25) is 0 Å². The fourth-order valence-electron chi connectivity index (χ4n) is 1.97. The van der Waals surface area contributed by atoms with E-state index in [9.17, 15) is 4.79 Å². The molecule has 1 amide bonds. The van der Waals surface area contributed by atoms with Crippen molar-refractivity contribution in [3.05, 3.63) is 35.9 Å². The molecule has 1 aliphatic rings. The van der Waals surface area contributed by atoms with Crippen LogP contribution in [0.1, 0.15) is 25.0 Å². The molecule has 1 saturated heterocycles. The van der Waals surface area contributed by atoms with E-state index >= 15 is 0 Å². The number of benzene rings is 1. The Morgan fingerprint density at radius 1 is 1.44 bits per heavy atom. The van der Waals surface area contributed by atoms with Gasteiger partial charge in [0.05, 0.1) is 13.2 Å². The third-order valence-electron chi connectivity index (χ3n) is 2.89. The van der Waals surface area contributed by atoms with Crippen molar-refractivity contribution in [1.29, 1.82) is 0 Å². The first-order valence-corrected chi connectivity index (χ1v) is 5.75. The smallest absolute Gasteiger partial charge is 0.222 e. The van der Waals surface area contributed by atoms with Crippen LogP contribution in [0.4, 0.5) is 0 Å². The Morgan fingerprint density at radius 2 is 2.19 bits per heavy atom. The van der Waals surface area contributed by atoms with Gasteiger partial charge in [0.15, 0.2) is 0 Å². The summed E-state index contributed by atoms with van der Waals surface area (Å²) in [7, 11) is 0. The first kappa shape index (κ1) is 11.1. The van der Waals surface area contributed by atoms with Crippen LogP contribution in [0.25, 0.3) is 0 Å². The maximum Gasteiger partial charge on any atom is 0.222 e. The Labute approximate surface area is 96.0 Å². The summed E-state index contributed by atoms with van der Waals surface area (Å²) < 4.78 is 5.70. The number of hydrogen-bond donors (Lipinski definition) is 0. The van der Waals surface area contributed by atoms with Gasteiger partial charge in [0.25, 0.3) is 0 Å². The van der Waals surface area contributed by atoms with Gasteiger partial charge in [-0.15, -0.1) is 0 Å². The molecule has 0 aliphatic carbocycles. The molecule has 0 aromatic heterocycles. The van der Waals surface area contributed by atoms with Gasteiger partial charge in [0, 0.05) is 13.0 Å². The van der Waals surface area contributed by atoms with Crippen molar-refractivity contribution in [2.45, 2.75) is 19.4 Å². The fourth-order valence-corrected chi connectivity index (χ4v) is 1.97. The zero-order valence-electron chi connectivity index (χ0n) is 9.56. The molecular weight excluding hydrogens is 202 g/mol. The Hall–Kier alpha value is -1.35. The van der Waals surface area contributed by atoms with Crippen LogP contribution in [-0.2, 0) is 9.53 Å². The minimum absolute atomic E-state index is 0.0328. The second kappa shape index (κ2) is 5.12. The normalized spacial score (nSPS) is 20.8. The van der Waals surface area contributed by atoms with Crippen molar-refractivity contribution >= 4 is 5.91 Å². The summed E-state index contributed by atoms with van der Waals surface area (Å²) in [6.45, 7) is 3.92. The van der Waals surface area contributed by atoms with Gasteiger partial charge < -0.3 is 9.64 Å². The standard InChI is InChI=1S/C13H17NO2/c1-2-13(15)14-8-9-16-12(10-14)11-6-4-3-5-7-11/h3-7,12H,2,8-10H2,1H3/t12-/m1/s1. The van der Waals surface area contributed by atoms with Crippen molar-refractivity contribution in [2.24, 2.45) is 0 Å². The van der Waals surface area contributed by atoms with Gasteiger partial charge >= 0.3 is 0 Å². The topological polar surface area (TPSA) is 29.5 Å². The van der Waals surface area contributed by atoms with Crippen LogP contribution in [0, 0.1) is 0 Å². The van der Waals surface area contributed by atoms with E-state index in [0.29, 0.717) is 19.6 Å². The number of nitrogens with zero attached hydrogens (tertiary/aromatic N) is 1. The Bertz CT molecular complexity index is 350. The van der Waals surface area contributed by atoms with E-state index in [4.69, 9.17) is 4.74 Å². The van der Waals surface area contributed by atoms with Gasteiger partial charge in [-0.2, -0.15) is 0 Å². The summed E-state index contributed by atoms with van der Waals surface area (Å²) in [6, 6.07) is 10.1. The van der Waals surface area contributed by atoms with Gasteiger partial charge in [-0.25, -0.2) is 0 Å². The van der Waals surface area contributed by atoms with Crippen molar-refractivity contribution in [2.75, 3.05) is 19.7 Å². The highest BCUT2D eigenvalue weighted by molar-refractivity contribution is 5.75. The molecule has 1 atom stereocenters. The van der Waals surface area contributed by atoms with E-state index in [1.54, 1.807) is 0 Å². The van der Waals surface area contributed by atoms with Crippen LogP contribution in [0.3, 0.4) is 0 Å². The molecule has 1 aliphatic heterocycles. The van der Waals surface area contributed by atoms with E-state index in [2.05, 4.69) is 0 Å². The second-order valence-electron chi connectivity index (χ2n) is 3.96. The lowest BCUT2D eigenvalue weighted by Gasteiger charge is -2.33. The highest BCUT2D eigenvalue weighted by Gasteiger charge is 2.23. The monoisotopic (exact) mass is 219 g/mol. The van der Waals surface area contributed by atoms with E-state index < -0.39 is 0 Å². The van der Waals surface area contributed by atoms with E-state index in [1.807, 2.05) is 42.2 Å². The zero-order chi connectivity index (χ0) is 11.4. The second-order valence-corrected chi connectivity index (χ2v) is 3.96.